The van der Waals surface area contributed by atoms with E-state index < -0.39 is 0 Å². The number of aromatic amines is 1. The number of hydrogen-bond donors (Lipinski definition) is 3. The zero-order valence-corrected chi connectivity index (χ0v) is 12.1. The average molecular weight is 294 g/mol. The third-order valence-corrected chi connectivity index (χ3v) is 3.65. The number of thioether (sulfide) groups is 1. The Bertz CT molecular complexity index is 597. The summed E-state index contributed by atoms with van der Waals surface area (Å²) >= 11 is 1.62. The van der Waals surface area contributed by atoms with Crippen molar-refractivity contribution in [3.8, 4) is 5.75 Å². The molecule has 20 heavy (non-hydrogen) atoms. The molecule has 0 amide bonds. The molecule has 0 unspecified atom stereocenters. The van der Waals surface area contributed by atoms with Crippen LogP contribution in [0, 0.1) is 0 Å². The molecule has 0 bridgehead atoms. The molecule has 7 heteroatoms. The maximum atomic E-state index is 8.44. The van der Waals surface area contributed by atoms with Gasteiger partial charge in [-0.3, -0.25) is 0 Å². The first-order valence-corrected chi connectivity index (χ1v) is 7.43. The number of oxime groups is 1. The fourth-order valence-corrected chi connectivity index (χ4v) is 2.59. The number of nitrogens with two attached hydrogens (primary N) is 1. The minimum absolute atomic E-state index is 0.261. The minimum atomic E-state index is 0.261. The second-order valence-corrected chi connectivity index (χ2v) is 5.28. The number of nitrogens with one attached hydrogen (secondary N) is 1. The highest BCUT2D eigenvalue weighted by Crippen LogP contribution is 2.23. The molecule has 0 radical (unpaired) electrons. The van der Waals surface area contributed by atoms with Crippen molar-refractivity contribution in [1.82, 2.24) is 9.97 Å². The third kappa shape index (κ3) is 3.80. The van der Waals surface area contributed by atoms with Crippen LogP contribution in [0.4, 0.5) is 0 Å². The monoisotopic (exact) mass is 294 g/mol. The lowest BCUT2D eigenvalue weighted by Gasteiger charge is -2.00. The molecule has 108 valence electrons. The molecule has 2 aromatic rings. The lowest BCUT2D eigenvalue weighted by atomic mass is 10.3. The summed E-state index contributed by atoms with van der Waals surface area (Å²) in [5, 5.41) is 12.3. The standard InChI is InChI=1S/C13H18N4O2S/c1-2-19-9-5-6-10-11(8-9)16-13(15-10)20-7-3-4-12(14)17-18/h5-6,8,18H,2-4,7H2,1H3,(H2,14,17)(H,15,16). The highest BCUT2D eigenvalue weighted by molar-refractivity contribution is 7.99. The Hall–Kier alpha value is -1.89. The number of amidine groups is 1. The van der Waals surface area contributed by atoms with Crippen LogP contribution in [0.2, 0.25) is 0 Å². The number of rotatable bonds is 7. The Morgan fingerprint density at radius 3 is 3.15 bits per heavy atom. The number of aromatic nitrogens is 2. The van der Waals surface area contributed by atoms with E-state index in [2.05, 4.69) is 15.1 Å². The predicted octanol–water partition coefficient (Wildman–Crippen LogP) is 2.58. The number of benzene rings is 1. The van der Waals surface area contributed by atoms with E-state index in [0.717, 1.165) is 34.1 Å². The lowest BCUT2D eigenvalue weighted by Crippen LogP contribution is -2.11. The van der Waals surface area contributed by atoms with Crippen molar-refractivity contribution in [2.24, 2.45) is 10.9 Å². The summed E-state index contributed by atoms with van der Waals surface area (Å²) in [5.41, 5.74) is 7.30. The van der Waals surface area contributed by atoms with Crippen molar-refractivity contribution in [1.29, 1.82) is 0 Å². The zero-order valence-electron chi connectivity index (χ0n) is 11.3. The molecule has 0 saturated heterocycles. The first-order valence-electron chi connectivity index (χ1n) is 6.44. The van der Waals surface area contributed by atoms with Crippen molar-refractivity contribution in [3.63, 3.8) is 0 Å². The van der Waals surface area contributed by atoms with E-state index in [1.54, 1.807) is 11.8 Å². The normalized spacial score (nSPS) is 11.9. The quantitative estimate of drug-likeness (QED) is 0.182. The number of imidazole rings is 1. The molecule has 6 nitrogen and oxygen atoms in total. The summed E-state index contributed by atoms with van der Waals surface area (Å²) in [6.07, 6.45) is 1.42. The van der Waals surface area contributed by atoms with Gasteiger partial charge < -0.3 is 20.7 Å². The van der Waals surface area contributed by atoms with Gasteiger partial charge in [0.05, 0.1) is 17.6 Å². The third-order valence-electron chi connectivity index (χ3n) is 2.69. The highest BCUT2D eigenvalue weighted by atomic mass is 32.2. The molecule has 0 atom stereocenters. The predicted molar refractivity (Wildman–Crippen MR) is 80.6 cm³/mol. The molecular formula is C13H18N4O2S. The Labute approximate surface area is 121 Å². The second-order valence-electron chi connectivity index (χ2n) is 4.20. The van der Waals surface area contributed by atoms with Gasteiger partial charge in [-0.25, -0.2) is 4.98 Å². The van der Waals surface area contributed by atoms with E-state index in [-0.39, 0.29) is 5.84 Å². The molecule has 0 fully saturated rings. The molecule has 0 saturated carbocycles. The van der Waals surface area contributed by atoms with E-state index in [4.69, 9.17) is 15.7 Å². The van der Waals surface area contributed by atoms with Crippen LogP contribution in [0.5, 0.6) is 5.75 Å². The topological polar surface area (TPSA) is 96.5 Å². The van der Waals surface area contributed by atoms with E-state index in [0.29, 0.717) is 13.0 Å². The zero-order chi connectivity index (χ0) is 14.4. The maximum Gasteiger partial charge on any atom is 0.166 e. The molecule has 0 aliphatic carbocycles. The Morgan fingerprint density at radius 1 is 1.55 bits per heavy atom. The molecule has 1 aromatic carbocycles. The summed E-state index contributed by atoms with van der Waals surface area (Å²) in [5.74, 6) is 1.96. The van der Waals surface area contributed by atoms with Crippen molar-refractivity contribution in [3.05, 3.63) is 18.2 Å². The van der Waals surface area contributed by atoms with E-state index >= 15 is 0 Å². The number of H-pyrrole nitrogens is 1. The van der Waals surface area contributed by atoms with Crippen LogP contribution in [0.15, 0.2) is 28.5 Å². The minimum Gasteiger partial charge on any atom is -0.494 e. The van der Waals surface area contributed by atoms with Gasteiger partial charge in [-0.2, -0.15) is 0 Å². The SMILES string of the molecule is CCOc1ccc2nc(SCCC/C(N)=N/O)[nH]c2c1. The van der Waals surface area contributed by atoms with Gasteiger partial charge in [0.1, 0.15) is 11.6 Å². The van der Waals surface area contributed by atoms with Crippen molar-refractivity contribution in [2.45, 2.75) is 24.9 Å². The average Bonchev–Trinajstić information content (AvgIpc) is 2.85. The lowest BCUT2D eigenvalue weighted by molar-refractivity contribution is 0.317. The highest BCUT2D eigenvalue weighted by Gasteiger charge is 2.05. The summed E-state index contributed by atoms with van der Waals surface area (Å²) < 4.78 is 5.46. The molecule has 0 spiro atoms. The van der Waals surface area contributed by atoms with Crippen molar-refractivity contribution in [2.75, 3.05) is 12.4 Å². The number of ether oxygens (including phenoxy) is 1. The van der Waals surface area contributed by atoms with Gasteiger partial charge >= 0.3 is 0 Å². The smallest absolute Gasteiger partial charge is 0.166 e. The van der Waals surface area contributed by atoms with Gasteiger partial charge in [0.2, 0.25) is 0 Å². The number of nitrogens with zero attached hydrogens (tertiary/aromatic N) is 2. The first kappa shape index (κ1) is 14.5. The summed E-state index contributed by atoms with van der Waals surface area (Å²) in [6, 6.07) is 5.81. The van der Waals surface area contributed by atoms with Gasteiger partial charge in [0, 0.05) is 18.2 Å². The van der Waals surface area contributed by atoms with Crippen molar-refractivity contribution >= 4 is 28.6 Å². The number of fused-ring (bicyclic) bond motifs is 1. The van der Waals surface area contributed by atoms with E-state index in [1.165, 1.54) is 0 Å². The van der Waals surface area contributed by atoms with Crippen LogP contribution in [-0.4, -0.2) is 33.4 Å². The Kier molecular flexibility index (Phi) is 5.11. The fourth-order valence-electron chi connectivity index (χ4n) is 1.76. The molecular weight excluding hydrogens is 276 g/mol. The van der Waals surface area contributed by atoms with Gasteiger partial charge in [-0.05, 0) is 25.5 Å². The van der Waals surface area contributed by atoms with Crippen LogP contribution in [0.3, 0.4) is 0 Å². The molecule has 2 rings (SSSR count). The van der Waals surface area contributed by atoms with Gasteiger partial charge in [-0.1, -0.05) is 16.9 Å². The molecule has 0 aliphatic rings. The number of hydrogen-bond acceptors (Lipinski definition) is 5. The molecule has 0 aliphatic heterocycles. The van der Waals surface area contributed by atoms with Gasteiger partial charge in [0.25, 0.3) is 0 Å². The van der Waals surface area contributed by atoms with Crippen LogP contribution in [-0.2, 0) is 0 Å². The van der Waals surface area contributed by atoms with Crippen LogP contribution >= 0.6 is 11.8 Å². The fraction of sp³-hybridized carbons (Fsp3) is 0.385. The molecule has 4 N–H and O–H groups in total. The van der Waals surface area contributed by atoms with E-state index in [9.17, 15) is 0 Å². The van der Waals surface area contributed by atoms with Crippen LogP contribution in [0.1, 0.15) is 19.8 Å². The summed E-state index contributed by atoms with van der Waals surface area (Å²) in [4.78, 5) is 7.75. The second kappa shape index (κ2) is 7.04. The molecule has 1 heterocycles. The summed E-state index contributed by atoms with van der Waals surface area (Å²) in [6.45, 7) is 2.61. The van der Waals surface area contributed by atoms with Crippen LogP contribution < -0.4 is 10.5 Å². The van der Waals surface area contributed by atoms with Crippen molar-refractivity contribution < 1.29 is 9.94 Å². The molecule has 1 aromatic heterocycles. The first-order chi connectivity index (χ1) is 9.72. The van der Waals surface area contributed by atoms with Gasteiger partial charge in [0.15, 0.2) is 5.16 Å². The van der Waals surface area contributed by atoms with E-state index in [1.807, 2.05) is 25.1 Å². The summed E-state index contributed by atoms with van der Waals surface area (Å²) in [7, 11) is 0. The van der Waals surface area contributed by atoms with Gasteiger partial charge in [-0.15, -0.1) is 0 Å². The largest absolute Gasteiger partial charge is 0.494 e. The Balaban J connectivity index is 1.94. The van der Waals surface area contributed by atoms with Crippen LogP contribution in [0.25, 0.3) is 11.0 Å². The Morgan fingerprint density at radius 2 is 2.40 bits per heavy atom. The maximum absolute atomic E-state index is 8.44.